The van der Waals surface area contributed by atoms with Crippen LogP contribution in [-0.2, 0) is 0 Å². The fourth-order valence-corrected chi connectivity index (χ4v) is 2.13. The molecule has 0 bridgehead atoms. The highest BCUT2D eigenvalue weighted by molar-refractivity contribution is 9.10. The molecule has 0 aliphatic rings. The van der Waals surface area contributed by atoms with E-state index in [1.165, 1.54) is 12.1 Å². The topological polar surface area (TPSA) is 73.8 Å². The van der Waals surface area contributed by atoms with Gasteiger partial charge in [0, 0.05) is 12.1 Å². The van der Waals surface area contributed by atoms with Crippen LogP contribution in [0.25, 0.3) is 5.69 Å². The maximum absolute atomic E-state index is 10.6. The van der Waals surface area contributed by atoms with Crippen molar-refractivity contribution in [1.29, 1.82) is 0 Å². The monoisotopic (exact) mass is 374 g/mol. The second-order valence-corrected chi connectivity index (χ2v) is 5.82. The predicted octanol–water partition coefficient (Wildman–Crippen LogP) is 3.39. The van der Waals surface area contributed by atoms with Crippen LogP contribution in [0, 0.1) is 10.1 Å². The van der Waals surface area contributed by atoms with E-state index in [-0.39, 0.29) is 10.5 Å². The highest BCUT2D eigenvalue weighted by Gasteiger charge is 2.13. The van der Waals surface area contributed by atoms with E-state index in [1.807, 2.05) is 6.92 Å². The second-order valence-electron chi connectivity index (χ2n) is 3.60. The summed E-state index contributed by atoms with van der Waals surface area (Å²) in [5.41, 5.74) is 1.52. The van der Waals surface area contributed by atoms with Gasteiger partial charge >= 0.3 is 0 Å². The molecule has 0 radical (unpaired) electrons. The highest BCUT2D eigenvalue weighted by atomic mass is 79.9. The second kappa shape index (κ2) is 5.15. The molecule has 0 spiro atoms. The Morgan fingerprint density at radius 2 is 2.22 bits per heavy atom. The lowest BCUT2D eigenvalue weighted by atomic mass is 10.3. The summed E-state index contributed by atoms with van der Waals surface area (Å²) in [6.45, 7) is 1.94. The molecule has 0 aliphatic carbocycles. The van der Waals surface area contributed by atoms with E-state index < -0.39 is 4.92 Å². The number of aromatic nitrogens is 3. The van der Waals surface area contributed by atoms with Crippen LogP contribution >= 0.6 is 31.9 Å². The van der Waals surface area contributed by atoms with Crippen LogP contribution in [0.3, 0.4) is 0 Å². The number of non-ortho nitro benzene ring substituents is 1. The van der Waals surface area contributed by atoms with Crippen LogP contribution in [0.4, 0.5) is 5.69 Å². The first-order valence-corrected chi connectivity index (χ1v) is 6.70. The number of hydrogen-bond acceptors (Lipinski definition) is 4. The number of rotatable bonds is 3. The van der Waals surface area contributed by atoms with Crippen molar-refractivity contribution in [2.24, 2.45) is 0 Å². The zero-order valence-corrected chi connectivity index (χ0v) is 12.4. The molecule has 1 atom stereocenters. The Bertz CT molecular complexity index is 597. The first-order valence-electron chi connectivity index (χ1n) is 4.99. The third kappa shape index (κ3) is 2.59. The summed E-state index contributed by atoms with van der Waals surface area (Å²) in [6, 6.07) is 4.49. The van der Waals surface area contributed by atoms with E-state index in [2.05, 4.69) is 42.2 Å². The van der Waals surface area contributed by atoms with Crippen molar-refractivity contribution < 1.29 is 4.92 Å². The van der Waals surface area contributed by atoms with E-state index in [0.717, 1.165) is 5.69 Å². The van der Waals surface area contributed by atoms with Gasteiger partial charge in [0.15, 0.2) is 0 Å². The van der Waals surface area contributed by atoms with Crippen LogP contribution in [0.5, 0.6) is 0 Å². The smallest absolute Gasteiger partial charge is 0.258 e. The summed E-state index contributed by atoms with van der Waals surface area (Å²) in [5.74, 6) is 0. The zero-order valence-electron chi connectivity index (χ0n) is 9.25. The lowest BCUT2D eigenvalue weighted by molar-refractivity contribution is -0.384. The fraction of sp³-hybridized carbons (Fsp3) is 0.200. The standard InChI is InChI=1S/C10H8Br2N4O2/c1-6(11)9-5-15(14-13-9)10-3-2-7(16(17)18)4-8(10)12/h2-6H,1H3. The molecule has 0 N–H and O–H groups in total. The quantitative estimate of drug-likeness (QED) is 0.468. The molecule has 94 valence electrons. The van der Waals surface area contributed by atoms with Crippen LogP contribution in [0.15, 0.2) is 28.9 Å². The maximum atomic E-state index is 10.6. The van der Waals surface area contributed by atoms with Crippen molar-refractivity contribution in [3.05, 3.63) is 44.7 Å². The molecule has 2 aromatic rings. The molecule has 0 fully saturated rings. The third-order valence-electron chi connectivity index (χ3n) is 2.31. The molecule has 2 rings (SSSR count). The lowest BCUT2D eigenvalue weighted by Gasteiger charge is -2.02. The van der Waals surface area contributed by atoms with Gasteiger partial charge < -0.3 is 0 Å². The summed E-state index contributed by atoms with van der Waals surface area (Å²) in [6.07, 6.45) is 1.77. The minimum atomic E-state index is -0.443. The van der Waals surface area contributed by atoms with Crippen molar-refractivity contribution in [3.8, 4) is 5.69 Å². The molecule has 0 aliphatic heterocycles. The average Bonchev–Trinajstić information content (AvgIpc) is 2.78. The fourth-order valence-electron chi connectivity index (χ4n) is 1.37. The number of hydrogen-bond donors (Lipinski definition) is 0. The van der Waals surface area contributed by atoms with Crippen molar-refractivity contribution in [2.45, 2.75) is 11.8 Å². The van der Waals surface area contributed by atoms with Crippen LogP contribution in [-0.4, -0.2) is 19.9 Å². The first-order chi connectivity index (χ1) is 8.49. The van der Waals surface area contributed by atoms with Gasteiger partial charge in [-0.2, -0.15) is 0 Å². The number of nitro benzene ring substituents is 1. The normalized spacial score (nSPS) is 12.4. The Morgan fingerprint density at radius 1 is 1.50 bits per heavy atom. The van der Waals surface area contributed by atoms with Crippen molar-refractivity contribution in [1.82, 2.24) is 15.0 Å². The van der Waals surface area contributed by atoms with Gasteiger partial charge in [-0.15, -0.1) is 5.10 Å². The average molecular weight is 376 g/mol. The number of alkyl halides is 1. The lowest BCUT2D eigenvalue weighted by Crippen LogP contribution is -1.97. The van der Waals surface area contributed by atoms with E-state index in [0.29, 0.717) is 10.2 Å². The molecule has 1 heterocycles. The van der Waals surface area contributed by atoms with E-state index in [9.17, 15) is 10.1 Å². The molecule has 1 aromatic carbocycles. The number of halogens is 2. The Kier molecular flexibility index (Phi) is 3.76. The van der Waals surface area contributed by atoms with Gasteiger partial charge in [0.2, 0.25) is 0 Å². The van der Waals surface area contributed by atoms with Crippen molar-refractivity contribution in [2.75, 3.05) is 0 Å². The SMILES string of the molecule is CC(Br)c1cn(-c2ccc([N+](=O)[O-])cc2Br)nn1. The molecule has 1 aromatic heterocycles. The number of nitrogens with zero attached hydrogens (tertiary/aromatic N) is 4. The van der Waals surface area contributed by atoms with Gasteiger partial charge in [0.1, 0.15) is 0 Å². The third-order valence-corrected chi connectivity index (χ3v) is 3.41. The van der Waals surface area contributed by atoms with E-state index in [4.69, 9.17) is 0 Å². The zero-order chi connectivity index (χ0) is 13.3. The molecule has 6 nitrogen and oxygen atoms in total. The highest BCUT2D eigenvalue weighted by Crippen LogP contribution is 2.26. The van der Waals surface area contributed by atoms with Gasteiger partial charge in [0.05, 0.1) is 31.8 Å². The van der Waals surface area contributed by atoms with Crippen molar-refractivity contribution >= 4 is 37.5 Å². The molecular weight excluding hydrogens is 368 g/mol. The van der Waals surface area contributed by atoms with Crippen LogP contribution < -0.4 is 0 Å². The Hall–Kier alpha value is -1.28. The number of nitro groups is 1. The molecule has 0 saturated heterocycles. The minimum Gasteiger partial charge on any atom is -0.258 e. The Balaban J connectivity index is 2.41. The van der Waals surface area contributed by atoms with E-state index >= 15 is 0 Å². The molecule has 18 heavy (non-hydrogen) atoms. The maximum Gasteiger partial charge on any atom is 0.270 e. The van der Waals surface area contributed by atoms with Gasteiger partial charge in [-0.05, 0) is 28.9 Å². The molecule has 0 amide bonds. The van der Waals surface area contributed by atoms with Gasteiger partial charge in [-0.1, -0.05) is 21.1 Å². The number of benzene rings is 1. The molecule has 1 unspecified atom stereocenters. The minimum absolute atomic E-state index is 0.0276. The van der Waals surface area contributed by atoms with Gasteiger partial charge in [-0.3, -0.25) is 10.1 Å². The summed E-state index contributed by atoms with van der Waals surface area (Å²) >= 11 is 6.69. The van der Waals surface area contributed by atoms with Crippen molar-refractivity contribution in [3.63, 3.8) is 0 Å². The van der Waals surface area contributed by atoms with Crippen LogP contribution in [0.1, 0.15) is 17.4 Å². The molecular formula is C10H8Br2N4O2. The summed E-state index contributed by atoms with van der Waals surface area (Å²) in [5, 5.41) is 18.6. The summed E-state index contributed by atoms with van der Waals surface area (Å²) in [7, 11) is 0. The summed E-state index contributed by atoms with van der Waals surface area (Å²) in [4.78, 5) is 10.3. The Morgan fingerprint density at radius 3 is 2.72 bits per heavy atom. The molecule has 8 heteroatoms. The van der Waals surface area contributed by atoms with Gasteiger partial charge in [-0.25, -0.2) is 4.68 Å². The first kappa shape index (κ1) is 13.2. The largest absolute Gasteiger partial charge is 0.270 e. The molecule has 0 saturated carbocycles. The summed E-state index contributed by atoms with van der Waals surface area (Å²) < 4.78 is 2.16. The van der Waals surface area contributed by atoms with Crippen LogP contribution in [0.2, 0.25) is 0 Å². The Labute approximate surface area is 119 Å². The predicted molar refractivity (Wildman–Crippen MR) is 73.1 cm³/mol. The van der Waals surface area contributed by atoms with E-state index in [1.54, 1.807) is 16.9 Å². The van der Waals surface area contributed by atoms with Gasteiger partial charge in [0.25, 0.3) is 5.69 Å².